The van der Waals surface area contributed by atoms with Gasteiger partial charge in [0.05, 0.1) is 18.8 Å². The molecular formula is C12H13FNO. The van der Waals surface area contributed by atoms with Crippen molar-refractivity contribution in [2.24, 2.45) is 0 Å². The fraction of sp³-hybridized carbons (Fsp3) is 0.333. The number of hydrogen-bond acceptors (Lipinski definition) is 2. The van der Waals surface area contributed by atoms with Gasteiger partial charge in [-0.05, 0) is 31.5 Å². The first-order chi connectivity index (χ1) is 7.22. The Balaban J connectivity index is 3.03. The lowest BCUT2D eigenvalue weighted by atomic mass is 10.00. The van der Waals surface area contributed by atoms with E-state index in [1.165, 1.54) is 0 Å². The van der Waals surface area contributed by atoms with Crippen molar-refractivity contribution < 1.29 is 9.13 Å². The van der Waals surface area contributed by atoms with E-state index in [0.29, 0.717) is 17.9 Å². The molecule has 0 aliphatic heterocycles. The van der Waals surface area contributed by atoms with Gasteiger partial charge in [-0.25, -0.2) is 0 Å². The molecule has 0 spiro atoms. The summed E-state index contributed by atoms with van der Waals surface area (Å²) in [5.41, 5.74) is 1.15. The highest BCUT2D eigenvalue weighted by molar-refractivity contribution is 5.46. The van der Waals surface area contributed by atoms with Crippen molar-refractivity contribution in [3.8, 4) is 11.8 Å². The molecule has 0 fully saturated rings. The molecule has 1 unspecified atom stereocenters. The molecular weight excluding hydrogens is 193 g/mol. The lowest BCUT2D eigenvalue weighted by Gasteiger charge is -2.10. The van der Waals surface area contributed by atoms with E-state index < -0.39 is 12.6 Å². The molecule has 0 aliphatic rings. The third kappa shape index (κ3) is 2.69. The first-order valence-electron chi connectivity index (χ1n) is 4.78. The van der Waals surface area contributed by atoms with Crippen molar-refractivity contribution in [2.75, 3.05) is 13.3 Å². The van der Waals surface area contributed by atoms with Gasteiger partial charge in [0.2, 0.25) is 0 Å². The zero-order valence-corrected chi connectivity index (χ0v) is 8.66. The lowest BCUT2D eigenvalue weighted by molar-refractivity contribution is 0.339. The van der Waals surface area contributed by atoms with E-state index in [9.17, 15) is 4.39 Å². The maximum atomic E-state index is 12.4. The van der Waals surface area contributed by atoms with Crippen LogP contribution in [0.15, 0.2) is 18.2 Å². The monoisotopic (exact) mass is 206 g/mol. The normalized spacial score (nSPS) is 11.9. The highest BCUT2D eigenvalue weighted by Crippen LogP contribution is 2.23. The molecule has 0 saturated heterocycles. The molecule has 0 bridgehead atoms. The van der Waals surface area contributed by atoms with E-state index in [0.717, 1.165) is 5.56 Å². The highest BCUT2D eigenvalue weighted by Gasteiger charge is 2.09. The van der Waals surface area contributed by atoms with Crippen LogP contribution in [-0.4, -0.2) is 13.3 Å². The number of nitriles is 1. The van der Waals surface area contributed by atoms with E-state index in [1.54, 1.807) is 18.2 Å². The van der Waals surface area contributed by atoms with E-state index in [1.807, 2.05) is 13.0 Å². The minimum absolute atomic E-state index is 0.423. The van der Waals surface area contributed by atoms with Crippen LogP contribution >= 0.6 is 0 Å². The number of nitrogens with zero attached hydrogens (tertiary/aromatic N) is 1. The van der Waals surface area contributed by atoms with Gasteiger partial charge in [0, 0.05) is 5.92 Å². The van der Waals surface area contributed by atoms with Crippen LogP contribution in [0.3, 0.4) is 0 Å². The summed E-state index contributed by atoms with van der Waals surface area (Å²) in [5.74, 6) is 0.114. The topological polar surface area (TPSA) is 33.0 Å². The van der Waals surface area contributed by atoms with Crippen molar-refractivity contribution in [3.05, 3.63) is 36.2 Å². The third-order valence-electron chi connectivity index (χ3n) is 2.08. The van der Waals surface area contributed by atoms with E-state index in [-0.39, 0.29) is 0 Å². The predicted octanol–water partition coefficient (Wildman–Crippen LogP) is 2.84. The second-order valence-corrected chi connectivity index (χ2v) is 3.15. The van der Waals surface area contributed by atoms with Crippen molar-refractivity contribution in [1.29, 1.82) is 5.26 Å². The summed E-state index contributed by atoms with van der Waals surface area (Å²) in [5, 5.41) is 8.88. The van der Waals surface area contributed by atoms with Crippen LogP contribution in [0.1, 0.15) is 24.0 Å². The molecule has 1 radical (unpaired) electrons. The number of alkyl halides is 1. The lowest BCUT2D eigenvalue weighted by Crippen LogP contribution is -1.99. The largest absolute Gasteiger partial charge is 0.492 e. The molecule has 15 heavy (non-hydrogen) atoms. The number of ether oxygens (including phenoxy) is 1. The van der Waals surface area contributed by atoms with Crippen LogP contribution in [0.25, 0.3) is 0 Å². The number of benzene rings is 1. The molecule has 0 amide bonds. The highest BCUT2D eigenvalue weighted by atomic mass is 19.1. The van der Waals surface area contributed by atoms with Crippen LogP contribution in [-0.2, 0) is 0 Å². The number of halogens is 1. The van der Waals surface area contributed by atoms with Crippen LogP contribution in [0.4, 0.5) is 4.39 Å². The third-order valence-corrected chi connectivity index (χ3v) is 2.08. The maximum absolute atomic E-state index is 12.4. The Hall–Kier alpha value is -1.56. The zero-order chi connectivity index (χ0) is 11.3. The van der Waals surface area contributed by atoms with Gasteiger partial charge >= 0.3 is 0 Å². The van der Waals surface area contributed by atoms with Gasteiger partial charge in [0.25, 0.3) is 0 Å². The molecule has 0 aliphatic carbocycles. The Morgan fingerprint density at radius 2 is 2.33 bits per heavy atom. The summed E-state index contributed by atoms with van der Waals surface area (Å²) >= 11 is 0. The standard InChI is InChI=1S/C12H13FNO/c1-3-15-12-5-4-10(9(2)7-13)6-11(12)8-14/h4-6,9H,2-3,7H2,1H3. The van der Waals surface area contributed by atoms with Gasteiger partial charge in [-0.15, -0.1) is 0 Å². The van der Waals surface area contributed by atoms with Gasteiger partial charge in [-0.3, -0.25) is 4.39 Å². The van der Waals surface area contributed by atoms with Crippen molar-refractivity contribution in [3.63, 3.8) is 0 Å². The molecule has 0 aromatic heterocycles. The minimum Gasteiger partial charge on any atom is -0.492 e. The first kappa shape index (κ1) is 11.5. The second-order valence-electron chi connectivity index (χ2n) is 3.15. The molecule has 2 nitrogen and oxygen atoms in total. The molecule has 79 valence electrons. The Morgan fingerprint density at radius 1 is 1.60 bits per heavy atom. The van der Waals surface area contributed by atoms with Crippen LogP contribution in [0.5, 0.6) is 5.75 Å². The number of rotatable bonds is 4. The Bertz CT molecular complexity index is 370. The van der Waals surface area contributed by atoms with Gasteiger partial charge < -0.3 is 4.74 Å². The molecule has 0 N–H and O–H groups in total. The first-order valence-corrected chi connectivity index (χ1v) is 4.78. The average Bonchev–Trinajstić information content (AvgIpc) is 2.29. The Kier molecular flexibility index (Phi) is 4.11. The van der Waals surface area contributed by atoms with Crippen molar-refractivity contribution >= 4 is 0 Å². The molecule has 1 aromatic rings. The SMILES string of the molecule is [CH2]C(CF)c1ccc(OCC)c(C#N)c1. The van der Waals surface area contributed by atoms with E-state index >= 15 is 0 Å². The summed E-state index contributed by atoms with van der Waals surface area (Å²) < 4.78 is 17.6. The van der Waals surface area contributed by atoms with Crippen LogP contribution in [0, 0.1) is 18.3 Å². The number of hydrogen-bond donors (Lipinski definition) is 0. The van der Waals surface area contributed by atoms with Crippen molar-refractivity contribution in [2.45, 2.75) is 12.8 Å². The molecule has 1 atom stereocenters. The molecule has 1 aromatic carbocycles. The Labute approximate surface area is 89.3 Å². The summed E-state index contributed by atoms with van der Waals surface area (Å²) in [6, 6.07) is 7.08. The smallest absolute Gasteiger partial charge is 0.137 e. The summed E-state index contributed by atoms with van der Waals surface area (Å²) in [7, 11) is 0. The predicted molar refractivity (Wildman–Crippen MR) is 56.4 cm³/mol. The zero-order valence-electron chi connectivity index (χ0n) is 8.66. The fourth-order valence-electron chi connectivity index (χ4n) is 1.26. The second kappa shape index (κ2) is 5.35. The molecule has 3 heteroatoms. The van der Waals surface area contributed by atoms with Gasteiger partial charge in [-0.2, -0.15) is 5.26 Å². The van der Waals surface area contributed by atoms with Crippen molar-refractivity contribution in [1.82, 2.24) is 0 Å². The van der Waals surface area contributed by atoms with Gasteiger partial charge in [0.1, 0.15) is 11.8 Å². The van der Waals surface area contributed by atoms with E-state index in [4.69, 9.17) is 10.00 Å². The minimum atomic E-state index is -0.529. The maximum Gasteiger partial charge on any atom is 0.137 e. The fourth-order valence-corrected chi connectivity index (χ4v) is 1.26. The molecule has 0 heterocycles. The Morgan fingerprint density at radius 3 is 2.87 bits per heavy atom. The summed E-state index contributed by atoms with van der Waals surface area (Å²) in [6.45, 7) is 5.48. The van der Waals surface area contributed by atoms with E-state index in [2.05, 4.69) is 6.92 Å². The molecule has 0 saturated carbocycles. The van der Waals surface area contributed by atoms with Crippen LogP contribution < -0.4 is 4.74 Å². The van der Waals surface area contributed by atoms with Gasteiger partial charge in [0.15, 0.2) is 0 Å². The molecule has 1 rings (SSSR count). The van der Waals surface area contributed by atoms with Gasteiger partial charge in [-0.1, -0.05) is 6.07 Å². The quantitative estimate of drug-likeness (QED) is 0.758. The average molecular weight is 206 g/mol. The van der Waals surface area contributed by atoms with Crippen LogP contribution in [0.2, 0.25) is 0 Å². The summed E-state index contributed by atoms with van der Waals surface area (Å²) in [6.07, 6.45) is 0. The summed E-state index contributed by atoms with van der Waals surface area (Å²) in [4.78, 5) is 0.